The summed E-state index contributed by atoms with van der Waals surface area (Å²) in [6.45, 7) is 1.54. The molecular weight excluding hydrogens is 232 g/mol. The third-order valence-electron chi connectivity index (χ3n) is 2.94. The van der Waals surface area contributed by atoms with E-state index in [2.05, 4.69) is 15.1 Å². The summed E-state index contributed by atoms with van der Waals surface area (Å²) in [6, 6.07) is 3.55. The van der Waals surface area contributed by atoms with Gasteiger partial charge in [0.1, 0.15) is 0 Å². The second kappa shape index (κ2) is 4.56. The third-order valence-corrected chi connectivity index (χ3v) is 2.94. The first-order valence-electron chi connectivity index (χ1n) is 5.88. The van der Waals surface area contributed by atoms with E-state index >= 15 is 0 Å². The van der Waals surface area contributed by atoms with Crippen molar-refractivity contribution in [3.63, 3.8) is 0 Å². The minimum absolute atomic E-state index is 0.0590. The Morgan fingerprint density at radius 3 is 2.67 bits per heavy atom. The van der Waals surface area contributed by atoms with Crippen molar-refractivity contribution in [2.75, 3.05) is 13.1 Å². The lowest BCUT2D eigenvalue weighted by Crippen LogP contribution is -2.27. The summed E-state index contributed by atoms with van der Waals surface area (Å²) >= 11 is 0. The lowest BCUT2D eigenvalue weighted by molar-refractivity contribution is 0.0743. The average Bonchev–Trinajstić information content (AvgIpc) is 3.10. The van der Waals surface area contributed by atoms with Gasteiger partial charge in [-0.25, -0.2) is 0 Å². The molecule has 0 spiro atoms. The second-order valence-corrected chi connectivity index (χ2v) is 4.16. The van der Waals surface area contributed by atoms with Gasteiger partial charge in [0.15, 0.2) is 0 Å². The van der Waals surface area contributed by atoms with E-state index in [1.807, 2.05) is 0 Å². The Morgan fingerprint density at radius 2 is 1.94 bits per heavy atom. The van der Waals surface area contributed by atoms with Gasteiger partial charge in [0.05, 0.1) is 0 Å². The highest BCUT2D eigenvalue weighted by atomic mass is 16.5. The van der Waals surface area contributed by atoms with Gasteiger partial charge >= 0.3 is 11.8 Å². The summed E-state index contributed by atoms with van der Waals surface area (Å²) in [4.78, 5) is 21.8. The molecule has 2 aromatic heterocycles. The minimum atomic E-state index is -0.180. The van der Waals surface area contributed by atoms with E-state index in [-0.39, 0.29) is 11.8 Å². The van der Waals surface area contributed by atoms with Gasteiger partial charge in [-0.15, -0.1) is 0 Å². The smallest absolute Gasteiger partial charge is 0.316 e. The summed E-state index contributed by atoms with van der Waals surface area (Å²) in [5, 5.41) is 3.82. The van der Waals surface area contributed by atoms with Crippen LogP contribution in [0.2, 0.25) is 0 Å². The third kappa shape index (κ3) is 1.97. The first kappa shape index (κ1) is 10.9. The van der Waals surface area contributed by atoms with Gasteiger partial charge in [-0.3, -0.25) is 9.78 Å². The number of aromatic nitrogens is 3. The maximum atomic E-state index is 12.0. The molecule has 3 rings (SSSR count). The van der Waals surface area contributed by atoms with E-state index in [1.165, 1.54) is 0 Å². The molecule has 1 aliphatic heterocycles. The van der Waals surface area contributed by atoms with Crippen molar-refractivity contribution in [3.8, 4) is 11.4 Å². The number of hydrogen-bond donors (Lipinski definition) is 0. The Labute approximate surface area is 104 Å². The molecule has 0 atom stereocenters. The molecule has 1 fully saturated rings. The maximum Gasteiger partial charge on any atom is 0.316 e. The Kier molecular flexibility index (Phi) is 2.76. The molecule has 6 heteroatoms. The van der Waals surface area contributed by atoms with Gasteiger partial charge in [-0.05, 0) is 25.0 Å². The van der Waals surface area contributed by atoms with Crippen molar-refractivity contribution in [2.24, 2.45) is 0 Å². The summed E-state index contributed by atoms with van der Waals surface area (Å²) < 4.78 is 5.02. The normalized spacial score (nSPS) is 15.0. The monoisotopic (exact) mass is 244 g/mol. The number of nitrogens with zero attached hydrogens (tertiary/aromatic N) is 4. The van der Waals surface area contributed by atoms with Gasteiger partial charge in [0.2, 0.25) is 5.82 Å². The molecule has 1 saturated heterocycles. The summed E-state index contributed by atoms with van der Waals surface area (Å²) in [6.07, 6.45) is 5.37. The lowest BCUT2D eigenvalue weighted by atomic mass is 10.2. The zero-order chi connectivity index (χ0) is 12.4. The van der Waals surface area contributed by atoms with Crippen molar-refractivity contribution in [3.05, 3.63) is 30.4 Å². The van der Waals surface area contributed by atoms with Gasteiger partial charge in [-0.2, -0.15) is 4.98 Å². The van der Waals surface area contributed by atoms with Gasteiger partial charge in [-0.1, -0.05) is 5.16 Å². The molecule has 0 unspecified atom stereocenters. The Hall–Kier alpha value is -2.24. The molecule has 1 amide bonds. The zero-order valence-corrected chi connectivity index (χ0v) is 9.74. The van der Waals surface area contributed by atoms with Crippen LogP contribution in [0.4, 0.5) is 0 Å². The second-order valence-electron chi connectivity index (χ2n) is 4.16. The molecule has 0 aliphatic carbocycles. The Bertz CT molecular complexity index is 546. The molecule has 0 saturated carbocycles. The van der Waals surface area contributed by atoms with Crippen LogP contribution in [0, 0.1) is 0 Å². The maximum absolute atomic E-state index is 12.0. The van der Waals surface area contributed by atoms with E-state index in [0.717, 1.165) is 31.5 Å². The molecule has 0 radical (unpaired) electrons. The quantitative estimate of drug-likeness (QED) is 0.797. The van der Waals surface area contributed by atoms with E-state index < -0.39 is 0 Å². The zero-order valence-electron chi connectivity index (χ0n) is 9.74. The van der Waals surface area contributed by atoms with Gasteiger partial charge in [0.25, 0.3) is 0 Å². The van der Waals surface area contributed by atoms with Crippen molar-refractivity contribution in [2.45, 2.75) is 12.8 Å². The summed E-state index contributed by atoms with van der Waals surface area (Å²) in [7, 11) is 0. The Morgan fingerprint density at radius 1 is 1.22 bits per heavy atom. The van der Waals surface area contributed by atoms with Gasteiger partial charge in [0, 0.05) is 31.0 Å². The number of carbonyl (C=O) groups is 1. The number of rotatable bonds is 2. The summed E-state index contributed by atoms with van der Waals surface area (Å²) in [5.74, 6) is 0.295. The molecule has 18 heavy (non-hydrogen) atoms. The number of pyridine rings is 1. The number of amides is 1. The fourth-order valence-electron chi connectivity index (χ4n) is 1.98. The van der Waals surface area contributed by atoms with Crippen LogP contribution in [-0.2, 0) is 0 Å². The first-order chi connectivity index (χ1) is 8.84. The van der Waals surface area contributed by atoms with Crippen LogP contribution < -0.4 is 0 Å². The molecule has 0 aromatic carbocycles. The topological polar surface area (TPSA) is 72.1 Å². The molecule has 3 heterocycles. The van der Waals surface area contributed by atoms with Gasteiger partial charge < -0.3 is 9.42 Å². The van der Waals surface area contributed by atoms with Crippen LogP contribution in [0.1, 0.15) is 23.5 Å². The van der Waals surface area contributed by atoms with Crippen LogP contribution in [0.25, 0.3) is 11.4 Å². The highest BCUT2D eigenvalue weighted by Crippen LogP contribution is 2.16. The minimum Gasteiger partial charge on any atom is -0.334 e. The fraction of sp³-hybridized carbons (Fsp3) is 0.333. The predicted molar refractivity (Wildman–Crippen MR) is 62.7 cm³/mol. The van der Waals surface area contributed by atoms with Crippen LogP contribution in [0.5, 0.6) is 0 Å². The standard InChI is InChI=1S/C12H12N4O2/c17-12(16-7-1-2-8-16)11-14-10(15-18-11)9-3-5-13-6-4-9/h3-6H,1-2,7-8H2. The van der Waals surface area contributed by atoms with Crippen LogP contribution in [0.15, 0.2) is 29.0 Å². The predicted octanol–water partition coefficient (Wildman–Crippen LogP) is 1.37. The molecule has 92 valence electrons. The molecule has 0 N–H and O–H groups in total. The van der Waals surface area contributed by atoms with E-state index in [4.69, 9.17) is 4.52 Å². The highest BCUT2D eigenvalue weighted by Gasteiger charge is 2.24. The molecular formula is C12H12N4O2. The lowest BCUT2D eigenvalue weighted by Gasteiger charge is -2.10. The Balaban J connectivity index is 1.83. The van der Waals surface area contributed by atoms with E-state index in [0.29, 0.717) is 5.82 Å². The number of likely N-dealkylation sites (tertiary alicyclic amines) is 1. The van der Waals surface area contributed by atoms with Crippen molar-refractivity contribution in [1.29, 1.82) is 0 Å². The molecule has 2 aromatic rings. The van der Waals surface area contributed by atoms with Crippen LogP contribution in [-0.4, -0.2) is 39.0 Å². The summed E-state index contributed by atoms with van der Waals surface area (Å²) in [5.41, 5.74) is 0.786. The SMILES string of the molecule is O=C(c1nc(-c2ccncc2)no1)N1CCCC1. The van der Waals surface area contributed by atoms with E-state index in [9.17, 15) is 4.79 Å². The molecule has 6 nitrogen and oxygen atoms in total. The van der Waals surface area contributed by atoms with E-state index in [1.54, 1.807) is 29.4 Å². The van der Waals surface area contributed by atoms with Crippen LogP contribution in [0.3, 0.4) is 0 Å². The highest BCUT2D eigenvalue weighted by molar-refractivity contribution is 5.90. The van der Waals surface area contributed by atoms with Crippen LogP contribution >= 0.6 is 0 Å². The number of carbonyl (C=O) groups excluding carboxylic acids is 1. The first-order valence-corrected chi connectivity index (χ1v) is 5.88. The van der Waals surface area contributed by atoms with Crippen molar-refractivity contribution in [1.82, 2.24) is 20.0 Å². The van der Waals surface area contributed by atoms with Crippen molar-refractivity contribution >= 4 is 5.91 Å². The molecule has 1 aliphatic rings. The molecule has 0 bridgehead atoms. The largest absolute Gasteiger partial charge is 0.334 e. The fourth-order valence-corrected chi connectivity index (χ4v) is 1.98. The number of hydrogen-bond acceptors (Lipinski definition) is 5. The van der Waals surface area contributed by atoms with Crippen molar-refractivity contribution < 1.29 is 9.32 Å². The average molecular weight is 244 g/mol.